The Morgan fingerprint density at radius 3 is 3.15 bits per heavy atom. The lowest BCUT2D eigenvalue weighted by molar-refractivity contribution is 0.0702. The van der Waals surface area contributed by atoms with Crippen LogP contribution < -0.4 is 5.32 Å². The fourth-order valence-electron chi connectivity index (χ4n) is 0.696. The number of thiazole rings is 1. The zero-order valence-corrected chi connectivity index (χ0v) is 7.60. The van der Waals surface area contributed by atoms with Crippen LogP contribution >= 0.6 is 11.3 Å². The lowest BCUT2D eigenvalue weighted by atomic mass is 10.4. The maximum atomic E-state index is 10.5. The summed E-state index contributed by atoms with van der Waals surface area (Å²) in [5.41, 5.74) is 0. The third-order valence-electron chi connectivity index (χ3n) is 1.26. The summed E-state index contributed by atoms with van der Waals surface area (Å²) in [6, 6.07) is 0. The second-order valence-electron chi connectivity index (χ2n) is 2.22. The predicted molar refractivity (Wildman–Crippen MR) is 51.0 cm³/mol. The van der Waals surface area contributed by atoms with Crippen molar-refractivity contribution in [2.75, 3.05) is 11.9 Å². The van der Waals surface area contributed by atoms with Crippen LogP contribution in [0.3, 0.4) is 0 Å². The van der Waals surface area contributed by atoms with Crippen LogP contribution in [0.5, 0.6) is 0 Å². The van der Waals surface area contributed by atoms with Crippen molar-refractivity contribution < 1.29 is 9.90 Å². The number of anilines is 1. The Kier molecular flexibility index (Phi) is 3.29. The molecule has 68 valence electrons. The minimum Gasteiger partial charge on any atom is -0.477 e. The number of aromatic carboxylic acids is 1. The van der Waals surface area contributed by atoms with Crippen LogP contribution in [-0.2, 0) is 0 Å². The summed E-state index contributed by atoms with van der Waals surface area (Å²) in [4.78, 5) is 14.5. The number of terminal acetylenes is 1. The number of rotatable bonds is 4. The normalized spacial score (nSPS) is 9.15. The topological polar surface area (TPSA) is 62.2 Å². The third kappa shape index (κ3) is 2.76. The molecule has 0 aromatic carbocycles. The van der Waals surface area contributed by atoms with Gasteiger partial charge in [0.25, 0.3) is 0 Å². The average Bonchev–Trinajstić information content (AvgIpc) is 2.53. The molecule has 5 heteroatoms. The average molecular weight is 196 g/mol. The molecule has 0 aliphatic rings. The smallest absolute Gasteiger partial charge is 0.347 e. The van der Waals surface area contributed by atoms with Crippen molar-refractivity contribution in [2.45, 2.75) is 6.42 Å². The Labute approximate surface area is 79.6 Å². The number of carboxylic acids is 1. The quantitative estimate of drug-likeness (QED) is 0.562. The van der Waals surface area contributed by atoms with Crippen LogP contribution in [0.25, 0.3) is 0 Å². The van der Waals surface area contributed by atoms with Crippen LogP contribution in [0, 0.1) is 12.3 Å². The van der Waals surface area contributed by atoms with E-state index in [0.29, 0.717) is 18.1 Å². The highest BCUT2D eigenvalue weighted by Gasteiger charge is 2.07. The van der Waals surface area contributed by atoms with Gasteiger partial charge in [-0.2, -0.15) is 0 Å². The summed E-state index contributed by atoms with van der Waals surface area (Å²) in [5.74, 6) is 1.51. The summed E-state index contributed by atoms with van der Waals surface area (Å²) in [7, 11) is 0. The molecule has 0 atom stereocenters. The van der Waals surface area contributed by atoms with Gasteiger partial charge in [-0.1, -0.05) is 11.3 Å². The summed E-state index contributed by atoms with van der Waals surface area (Å²) in [6.45, 7) is 0.614. The molecule has 0 bridgehead atoms. The Bertz CT molecular complexity index is 340. The van der Waals surface area contributed by atoms with E-state index in [0.717, 1.165) is 11.3 Å². The molecule has 0 unspecified atom stereocenters. The highest BCUT2D eigenvalue weighted by molar-refractivity contribution is 7.17. The molecule has 13 heavy (non-hydrogen) atoms. The van der Waals surface area contributed by atoms with Crippen LogP contribution in [-0.4, -0.2) is 22.6 Å². The largest absolute Gasteiger partial charge is 0.477 e. The van der Waals surface area contributed by atoms with Gasteiger partial charge in [-0.3, -0.25) is 0 Å². The second-order valence-corrected chi connectivity index (χ2v) is 3.25. The molecule has 0 saturated heterocycles. The zero-order chi connectivity index (χ0) is 9.68. The van der Waals surface area contributed by atoms with Crippen molar-refractivity contribution in [3.63, 3.8) is 0 Å². The van der Waals surface area contributed by atoms with Gasteiger partial charge in [0, 0.05) is 13.0 Å². The Hall–Kier alpha value is -1.54. The second kappa shape index (κ2) is 4.48. The van der Waals surface area contributed by atoms with E-state index >= 15 is 0 Å². The van der Waals surface area contributed by atoms with Crippen molar-refractivity contribution in [3.8, 4) is 12.3 Å². The summed E-state index contributed by atoms with van der Waals surface area (Å²) >= 11 is 1.10. The first kappa shape index (κ1) is 9.55. The molecule has 1 rings (SSSR count). The lowest BCUT2D eigenvalue weighted by Crippen LogP contribution is -1.98. The van der Waals surface area contributed by atoms with Gasteiger partial charge in [0.15, 0.2) is 5.13 Å². The van der Waals surface area contributed by atoms with Gasteiger partial charge >= 0.3 is 5.97 Å². The predicted octanol–water partition coefficient (Wildman–Crippen LogP) is 1.28. The van der Waals surface area contributed by atoms with Gasteiger partial charge in [0.1, 0.15) is 4.88 Å². The molecule has 1 heterocycles. The van der Waals surface area contributed by atoms with Gasteiger partial charge in [-0.15, -0.1) is 12.3 Å². The number of hydrogen-bond acceptors (Lipinski definition) is 4. The molecule has 0 aliphatic carbocycles. The Balaban J connectivity index is 2.50. The minimum absolute atomic E-state index is 0.225. The molecule has 0 spiro atoms. The zero-order valence-electron chi connectivity index (χ0n) is 6.78. The molecule has 0 amide bonds. The van der Waals surface area contributed by atoms with Gasteiger partial charge in [-0.25, -0.2) is 9.78 Å². The van der Waals surface area contributed by atoms with E-state index in [1.165, 1.54) is 6.20 Å². The van der Waals surface area contributed by atoms with Gasteiger partial charge in [0.2, 0.25) is 0 Å². The number of nitrogens with one attached hydrogen (secondary N) is 1. The molecular formula is C8H8N2O2S. The van der Waals surface area contributed by atoms with Crippen molar-refractivity contribution in [1.29, 1.82) is 0 Å². The molecule has 1 aromatic rings. The van der Waals surface area contributed by atoms with Crippen molar-refractivity contribution in [1.82, 2.24) is 4.98 Å². The Morgan fingerprint density at radius 2 is 2.62 bits per heavy atom. The van der Waals surface area contributed by atoms with Gasteiger partial charge in [-0.05, 0) is 0 Å². The Morgan fingerprint density at radius 1 is 1.85 bits per heavy atom. The number of carbonyl (C=O) groups is 1. The first-order valence-electron chi connectivity index (χ1n) is 3.60. The summed E-state index contributed by atoms with van der Waals surface area (Å²) in [6.07, 6.45) is 6.97. The van der Waals surface area contributed by atoms with E-state index < -0.39 is 5.97 Å². The number of aromatic nitrogens is 1. The van der Waals surface area contributed by atoms with E-state index in [2.05, 4.69) is 16.2 Å². The monoisotopic (exact) mass is 196 g/mol. The number of hydrogen-bond donors (Lipinski definition) is 2. The van der Waals surface area contributed by atoms with Crippen molar-refractivity contribution in [3.05, 3.63) is 11.1 Å². The lowest BCUT2D eigenvalue weighted by Gasteiger charge is -1.95. The van der Waals surface area contributed by atoms with Crippen LogP contribution in [0.2, 0.25) is 0 Å². The standard InChI is InChI=1S/C8H8N2O2S/c1-2-3-4-9-8-10-5-6(13-8)7(11)12/h1,5H,3-4H2,(H,9,10)(H,11,12). The van der Waals surface area contributed by atoms with Crippen molar-refractivity contribution in [2.24, 2.45) is 0 Å². The molecule has 0 aliphatic heterocycles. The maximum Gasteiger partial charge on any atom is 0.347 e. The van der Waals surface area contributed by atoms with Crippen molar-refractivity contribution >= 4 is 22.4 Å². The molecule has 0 fully saturated rings. The van der Waals surface area contributed by atoms with E-state index in [-0.39, 0.29) is 4.88 Å². The summed E-state index contributed by atoms with van der Waals surface area (Å²) in [5, 5.41) is 12.1. The van der Waals surface area contributed by atoms with Crippen LogP contribution in [0.4, 0.5) is 5.13 Å². The highest BCUT2D eigenvalue weighted by Crippen LogP contribution is 2.17. The fraction of sp³-hybridized carbons (Fsp3) is 0.250. The SMILES string of the molecule is C#CCCNc1ncc(C(=O)O)s1. The van der Waals surface area contributed by atoms with Crippen LogP contribution in [0.1, 0.15) is 16.1 Å². The van der Waals surface area contributed by atoms with E-state index in [9.17, 15) is 4.79 Å². The van der Waals surface area contributed by atoms with Crippen LogP contribution in [0.15, 0.2) is 6.20 Å². The third-order valence-corrected chi connectivity index (χ3v) is 2.21. The maximum absolute atomic E-state index is 10.5. The number of nitrogens with zero attached hydrogens (tertiary/aromatic N) is 1. The molecular weight excluding hydrogens is 188 g/mol. The molecule has 1 aromatic heterocycles. The van der Waals surface area contributed by atoms with Gasteiger partial charge in [0.05, 0.1) is 6.20 Å². The van der Waals surface area contributed by atoms with E-state index in [1.54, 1.807) is 0 Å². The molecule has 4 nitrogen and oxygen atoms in total. The number of carboxylic acid groups (broad SMARTS) is 1. The van der Waals surface area contributed by atoms with Gasteiger partial charge < -0.3 is 10.4 Å². The van der Waals surface area contributed by atoms with E-state index in [1.807, 2.05) is 0 Å². The summed E-state index contributed by atoms with van der Waals surface area (Å²) < 4.78 is 0. The first-order valence-corrected chi connectivity index (χ1v) is 4.42. The molecule has 2 N–H and O–H groups in total. The minimum atomic E-state index is -0.956. The molecule has 0 radical (unpaired) electrons. The fourth-order valence-corrected chi connectivity index (χ4v) is 1.38. The van der Waals surface area contributed by atoms with E-state index in [4.69, 9.17) is 11.5 Å². The molecule has 0 saturated carbocycles. The highest BCUT2D eigenvalue weighted by atomic mass is 32.1. The first-order chi connectivity index (χ1) is 6.24.